The highest BCUT2D eigenvalue weighted by Crippen LogP contribution is 2.06. The van der Waals surface area contributed by atoms with Gasteiger partial charge in [0.25, 0.3) is 0 Å². The van der Waals surface area contributed by atoms with E-state index in [2.05, 4.69) is 10.6 Å². The molecule has 6 nitrogen and oxygen atoms in total. The van der Waals surface area contributed by atoms with Gasteiger partial charge in [-0.15, -0.1) is 0 Å². The van der Waals surface area contributed by atoms with Gasteiger partial charge in [-0.1, -0.05) is 12.1 Å². The molecule has 20 heavy (non-hydrogen) atoms. The number of rotatable bonds is 5. The standard InChI is InChI=1S/C14H20N4O2/c1-18(2)14(20)17-10-9-16-13(19)8-5-11-3-6-12(15)7-4-11/h3-8H,9-10,15H2,1-2H3,(H,16,19)(H,17,20)/b8-5+. The van der Waals surface area contributed by atoms with E-state index in [0.717, 1.165) is 5.56 Å². The quantitative estimate of drug-likeness (QED) is 0.419. The lowest BCUT2D eigenvalue weighted by Crippen LogP contribution is -2.39. The number of nitrogens with zero attached hydrogens (tertiary/aromatic N) is 1. The molecule has 0 atom stereocenters. The minimum Gasteiger partial charge on any atom is -0.399 e. The van der Waals surface area contributed by atoms with Gasteiger partial charge in [-0.25, -0.2) is 4.79 Å². The summed E-state index contributed by atoms with van der Waals surface area (Å²) < 4.78 is 0. The minimum absolute atomic E-state index is 0.184. The van der Waals surface area contributed by atoms with E-state index in [1.165, 1.54) is 11.0 Å². The number of carbonyl (C=O) groups is 2. The van der Waals surface area contributed by atoms with Crippen LogP contribution in [-0.4, -0.2) is 44.0 Å². The predicted octanol–water partition coefficient (Wildman–Crippen LogP) is 0.669. The van der Waals surface area contributed by atoms with Crippen LogP contribution in [-0.2, 0) is 4.79 Å². The molecule has 0 aromatic heterocycles. The third-order valence-electron chi connectivity index (χ3n) is 2.47. The molecule has 1 aromatic carbocycles. The lowest BCUT2D eigenvalue weighted by molar-refractivity contribution is -0.116. The first kappa shape index (κ1) is 15.6. The maximum Gasteiger partial charge on any atom is 0.316 e. The SMILES string of the molecule is CN(C)C(=O)NCCNC(=O)/C=C/c1ccc(N)cc1. The Morgan fingerprint density at radius 1 is 1.15 bits per heavy atom. The smallest absolute Gasteiger partial charge is 0.316 e. The van der Waals surface area contributed by atoms with Crippen LogP contribution in [0.5, 0.6) is 0 Å². The largest absolute Gasteiger partial charge is 0.399 e. The summed E-state index contributed by atoms with van der Waals surface area (Å²) in [5.74, 6) is -0.207. The maximum absolute atomic E-state index is 11.5. The number of carbonyl (C=O) groups excluding carboxylic acids is 2. The zero-order chi connectivity index (χ0) is 15.0. The summed E-state index contributed by atoms with van der Waals surface area (Å²) >= 11 is 0. The molecule has 0 saturated heterocycles. The van der Waals surface area contributed by atoms with E-state index in [4.69, 9.17) is 5.73 Å². The molecule has 0 spiro atoms. The van der Waals surface area contributed by atoms with Gasteiger partial charge < -0.3 is 21.3 Å². The molecule has 0 bridgehead atoms. The Morgan fingerprint density at radius 2 is 1.75 bits per heavy atom. The number of nitrogens with two attached hydrogens (primary N) is 1. The molecule has 0 aliphatic heterocycles. The fourth-order valence-electron chi connectivity index (χ4n) is 1.35. The van der Waals surface area contributed by atoms with Crippen LogP contribution in [0.15, 0.2) is 30.3 Å². The second kappa shape index (κ2) is 7.83. The Morgan fingerprint density at radius 3 is 2.35 bits per heavy atom. The van der Waals surface area contributed by atoms with E-state index in [0.29, 0.717) is 18.8 Å². The molecule has 4 N–H and O–H groups in total. The lowest BCUT2D eigenvalue weighted by atomic mass is 10.2. The van der Waals surface area contributed by atoms with Crippen LogP contribution < -0.4 is 16.4 Å². The van der Waals surface area contributed by atoms with Crippen LogP contribution in [0.4, 0.5) is 10.5 Å². The number of nitrogens with one attached hydrogen (secondary N) is 2. The summed E-state index contributed by atoms with van der Waals surface area (Å²) in [5.41, 5.74) is 7.15. The van der Waals surface area contributed by atoms with Gasteiger partial charge in [0.05, 0.1) is 0 Å². The number of nitrogen functional groups attached to an aromatic ring is 1. The molecule has 6 heteroatoms. The van der Waals surface area contributed by atoms with Gasteiger partial charge >= 0.3 is 6.03 Å². The van der Waals surface area contributed by atoms with E-state index in [9.17, 15) is 9.59 Å². The Labute approximate surface area is 118 Å². The molecular weight excluding hydrogens is 256 g/mol. The fraction of sp³-hybridized carbons (Fsp3) is 0.286. The molecule has 0 heterocycles. The first-order chi connectivity index (χ1) is 9.49. The van der Waals surface area contributed by atoms with Crippen molar-refractivity contribution in [2.45, 2.75) is 0 Å². The van der Waals surface area contributed by atoms with E-state index in [1.807, 2.05) is 12.1 Å². The summed E-state index contributed by atoms with van der Waals surface area (Å²) in [6.07, 6.45) is 3.15. The highest BCUT2D eigenvalue weighted by molar-refractivity contribution is 5.91. The van der Waals surface area contributed by atoms with E-state index < -0.39 is 0 Å². The zero-order valence-electron chi connectivity index (χ0n) is 11.7. The minimum atomic E-state index is -0.207. The van der Waals surface area contributed by atoms with Crippen LogP contribution in [0.25, 0.3) is 6.08 Å². The number of urea groups is 1. The Hall–Kier alpha value is -2.50. The number of anilines is 1. The van der Waals surface area contributed by atoms with Gasteiger partial charge in [0.15, 0.2) is 0 Å². The lowest BCUT2D eigenvalue weighted by Gasteiger charge is -2.11. The maximum atomic E-state index is 11.5. The molecule has 1 aromatic rings. The number of hydrogen-bond acceptors (Lipinski definition) is 3. The summed E-state index contributed by atoms with van der Waals surface area (Å²) in [5, 5.41) is 5.33. The number of hydrogen-bond donors (Lipinski definition) is 3. The molecule has 3 amide bonds. The highest BCUT2D eigenvalue weighted by atomic mass is 16.2. The molecule has 0 saturated carbocycles. The Bertz CT molecular complexity index is 480. The van der Waals surface area contributed by atoms with Crippen molar-refractivity contribution in [3.05, 3.63) is 35.9 Å². The average Bonchev–Trinajstić information content (AvgIpc) is 2.42. The third kappa shape index (κ3) is 5.90. The topological polar surface area (TPSA) is 87.5 Å². The predicted molar refractivity (Wildman–Crippen MR) is 80.0 cm³/mol. The first-order valence-corrected chi connectivity index (χ1v) is 6.25. The van der Waals surface area contributed by atoms with Crippen molar-refractivity contribution in [1.82, 2.24) is 15.5 Å². The van der Waals surface area contributed by atoms with Crippen LogP contribution in [0.3, 0.4) is 0 Å². The van der Waals surface area contributed by atoms with Gasteiger partial charge in [-0.2, -0.15) is 0 Å². The molecular formula is C14H20N4O2. The summed E-state index contributed by atoms with van der Waals surface area (Å²) in [6, 6.07) is 7.02. The fourth-order valence-corrected chi connectivity index (χ4v) is 1.35. The number of benzene rings is 1. The van der Waals surface area contributed by atoms with E-state index >= 15 is 0 Å². The van der Waals surface area contributed by atoms with E-state index in [-0.39, 0.29) is 11.9 Å². The van der Waals surface area contributed by atoms with Crippen LogP contribution in [0, 0.1) is 0 Å². The first-order valence-electron chi connectivity index (χ1n) is 6.25. The van der Waals surface area contributed by atoms with Crippen LogP contribution in [0.2, 0.25) is 0 Å². The highest BCUT2D eigenvalue weighted by Gasteiger charge is 2.01. The molecule has 0 unspecified atom stereocenters. The number of amides is 3. The second-order valence-electron chi connectivity index (χ2n) is 4.42. The average molecular weight is 276 g/mol. The van der Waals surface area contributed by atoms with Crippen molar-refractivity contribution in [3.63, 3.8) is 0 Å². The van der Waals surface area contributed by atoms with Gasteiger partial charge in [0.2, 0.25) is 5.91 Å². The molecule has 0 radical (unpaired) electrons. The monoisotopic (exact) mass is 276 g/mol. The normalized spacial score (nSPS) is 10.3. The van der Waals surface area contributed by atoms with Crippen molar-refractivity contribution in [2.24, 2.45) is 0 Å². The van der Waals surface area contributed by atoms with Crippen molar-refractivity contribution < 1.29 is 9.59 Å². The Balaban J connectivity index is 2.26. The van der Waals surface area contributed by atoms with Crippen molar-refractivity contribution >= 4 is 23.7 Å². The molecule has 0 aliphatic rings. The molecule has 108 valence electrons. The summed E-state index contributed by atoms with van der Waals surface area (Å²) in [7, 11) is 3.31. The van der Waals surface area contributed by atoms with Crippen LogP contribution >= 0.6 is 0 Å². The van der Waals surface area contributed by atoms with Gasteiger partial charge in [0, 0.05) is 38.9 Å². The van der Waals surface area contributed by atoms with E-state index in [1.54, 1.807) is 32.3 Å². The van der Waals surface area contributed by atoms with Crippen molar-refractivity contribution in [2.75, 3.05) is 32.9 Å². The summed E-state index contributed by atoms with van der Waals surface area (Å²) in [4.78, 5) is 24.2. The van der Waals surface area contributed by atoms with Crippen LogP contribution in [0.1, 0.15) is 5.56 Å². The van der Waals surface area contributed by atoms with Crippen molar-refractivity contribution in [1.29, 1.82) is 0 Å². The summed E-state index contributed by atoms with van der Waals surface area (Å²) in [6.45, 7) is 0.767. The van der Waals surface area contributed by atoms with Gasteiger partial charge in [0.1, 0.15) is 0 Å². The molecule has 0 aliphatic carbocycles. The molecule has 0 fully saturated rings. The van der Waals surface area contributed by atoms with Gasteiger partial charge in [-0.05, 0) is 23.8 Å². The van der Waals surface area contributed by atoms with Crippen molar-refractivity contribution in [3.8, 4) is 0 Å². The zero-order valence-corrected chi connectivity index (χ0v) is 11.7. The molecule has 1 rings (SSSR count). The van der Waals surface area contributed by atoms with Gasteiger partial charge in [-0.3, -0.25) is 4.79 Å². The third-order valence-corrected chi connectivity index (χ3v) is 2.47. The Kier molecular flexibility index (Phi) is 6.09. The second-order valence-corrected chi connectivity index (χ2v) is 4.42.